The number of hydrogen-bond donors (Lipinski definition) is 2. The van der Waals surface area contributed by atoms with Gasteiger partial charge in [-0.25, -0.2) is 23.4 Å². The number of aliphatic hydroxyl groups is 1. The third-order valence-corrected chi connectivity index (χ3v) is 6.67. The maximum Gasteiger partial charge on any atom is 0.344 e. The van der Waals surface area contributed by atoms with Crippen LogP contribution in [0.2, 0.25) is 0 Å². The highest BCUT2D eigenvalue weighted by Gasteiger charge is 2.42. The van der Waals surface area contributed by atoms with Gasteiger partial charge in [-0.2, -0.15) is 0 Å². The van der Waals surface area contributed by atoms with E-state index in [1.807, 2.05) is 27.7 Å². The molecule has 0 spiro atoms. The molecule has 2 N–H and O–H groups in total. The lowest BCUT2D eigenvalue weighted by molar-refractivity contribution is -0.158. The molecule has 3 rings (SSSR count). The standard InChI is InChI=1S/C30H34F2N2O6/c1-17(2)34(18(3)4)16-21-13-22(10-11-23(21)24-14-26(39-6)33-15-25(24)31)40-28(36)20-9-7-8-19(12-20)27(35)30(5,32)29(37)38/h7-15,17-18,27,35H,16H2,1-6H3,(H,37,38)/t27-,30+/m0/s1. The Bertz CT molecular complexity index is 1370. The normalized spacial score (nSPS) is 13.8. The van der Waals surface area contributed by atoms with Gasteiger partial charge in [0.2, 0.25) is 11.5 Å². The van der Waals surface area contributed by atoms with Crippen molar-refractivity contribution in [1.82, 2.24) is 9.88 Å². The maximum atomic E-state index is 14.9. The molecule has 0 fully saturated rings. The second kappa shape index (κ2) is 12.5. The van der Waals surface area contributed by atoms with Crippen LogP contribution in [-0.4, -0.2) is 56.9 Å². The van der Waals surface area contributed by atoms with Crippen LogP contribution in [0.15, 0.2) is 54.7 Å². The highest BCUT2D eigenvalue weighted by molar-refractivity contribution is 5.91. The third kappa shape index (κ3) is 6.81. The molecule has 0 saturated carbocycles. The zero-order valence-corrected chi connectivity index (χ0v) is 23.3. The van der Waals surface area contributed by atoms with Crippen molar-refractivity contribution in [2.75, 3.05) is 7.11 Å². The van der Waals surface area contributed by atoms with E-state index in [-0.39, 0.29) is 40.4 Å². The van der Waals surface area contributed by atoms with Gasteiger partial charge in [0.25, 0.3) is 0 Å². The molecule has 0 saturated heterocycles. The number of ether oxygens (including phenoxy) is 2. The van der Waals surface area contributed by atoms with Gasteiger partial charge in [0.1, 0.15) is 17.7 Å². The number of benzene rings is 2. The molecule has 0 aliphatic carbocycles. The Labute approximate surface area is 232 Å². The zero-order valence-electron chi connectivity index (χ0n) is 23.3. The zero-order chi connectivity index (χ0) is 29.8. The number of esters is 1. The van der Waals surface area contributed by atoms with Crippen molar-refractivity contribution < 1.29 is 38.1 Å². The van der Waals surface area contributed by atoms with Crippen LogP contribution in [0.1, 0.15) is 62.2 Å². The molecule has 0 aliphatic heterocycles. The lowest BCUT2D eigenvalue weighted by Crippen LogP contribution is -2.37. The lowest BCUT2D eigenvalue weighted by atomic mass is 9.93. The number of aromatic nitrogens is 1. The molecule has 0 amide bonds. The number of carbonyl (C=O) groups excluding carboxylic acids is 1. The number of carboxylic acids is 1. The van der Waals surface area contributed by atoms with Crippen LogP contribution < -0.4 is 9.47 Å². The maximum absolute atomic E-state index is 14.9. The van der Waals surface area contributed by atoms with Crippen LogP contribution in [0.5, 0.6) is 11.6 Å². The number of hydrogen-bond acceptors (Lipinski definition) is 7. The number of methoxy groups -OCH3 is 1. The van der Waals surface area contributed by atoms with Gasteiger partial charge < -0.3 is 19.7 Å². The smallest absolute Gasteiger partial charge is 0.344 e. The molecule has 40 heavy (non-hydrogen) atoms. The predicted octanol–water partition coefficient (Wildman–Crippen LogP) is 5.58. The van der Waals surface area contributed by atoms with Crippen molar-refractivity contribution >= 4 is 11.9 Å². The summed E-state index contributed by atoms with van der Waals surface area (Å²) >= 11 is 0. The number of aliphatic carboxylic acids is 1. The van der Waals surface area contributed by atoms with E-state index in [0.717, 1.165) is 13.1 Å². The number of nitrogens with zero attached hydrogens (tertiary/aromatic N) is 2. The molecule has 214 valence electrons. The van der Waals surface area contributed by atoms with E-state index in [2.05, 4.69) is 9.88 Å². The fourth-order valence-corrected chi connectivity index (χ4v) is 4.35. The van der Waals surface area contributed by atoms with Crippen LogP contribution >= 0.6 is 0 Å². The van der Waals surface area contributed by atoms with E-state index in [1.54, 1.807) is 12.1 Å². The molecule has 10 heteroatoms. The van der Waals surface area contributed by atoms with Gasteiger partial charge in [0.15, 0.2) is 0 Å². The van der Waals surface area contributed by atoms with E-state index in [1.165, 1.54) is 43.5 Å². The van der Waals surface area contributed by atoms with Gasteiger partial charge in [0.05, 0.1) is 18.9 Å². The minimum atomic E-state index is -2.96. The largest absolute Gasteiger partial charge is 0.481 e. The predicted molar refractivity (Wildman–Crippen MR) is 146 cm³/mol. The first-order valence-corrected chi connectivity index (χ1v) is 12.8. The minimum Gasteiger partial charge on any atom is -0.481 e. The summed E-state index contributed by atoms with van der Waals surface area (Å²) in [6.07, 6.45) is -0.920. The van der Waals surface area contributed by atoms with Gasteiger partial charge in [-0.15, -0.1) is 0 Å². The van der Waals surface area contributed by atoms with Crippen molar-refractivity contribution in [2.45, 2.75) is 65.0 Å². The number of carboxylic acid groups (broad SMARTS) is 1. The summed E-state index contributed by atoms with van der Waals surface area (Å²) in [4.78, 5) is 30.3. The van der Waals surface area contributed by atoms with E-state index >= 15 is 0 Å². The number of pyridine rings is 1. The van der Waals surface area contributed by atoms with E-state index in [9.17, 15) is 23.5 Å². The number of aliphatic hydroxyl groups excluding tert-OH is 1. The van der Waals surface area contributed by atoms with Gasteiger partial charge in [0, 0.05) is 30.3 Å². The number of carbonyl (C=O) groups is 2. The van der Waals surface area contributed by atoms with E-state index in [0.29, 0.717) is 17.7 Å². The van der Waals surface area contributed by atoms with Crippen molar-refractivity contribution in [3.05, 3.63) is 77.2 Å². The Morgan fingerprint density at radius 2 is 1.73 bits per heavy atom. The van der Waals surface area contributed by atoms with Crippen molar-refractivity contribution in [1.29, 1.82) is 0 Å². The quantitative estimate of drug-likeness (QED) is 0.233. The van der Waals surface area contributed by atoms with Crippen molar-refractivity contribution in [2.24, 2.45) is 0 Å². The first-order chi connectivity index (χ1) is 18.8. The van der Waals surface area contributed by atoms with Crippen molar-refractivity contribution in [3.8, 4) is 22.8 Å². The topological polar surface area (TPSA) is 109 Å². The molecule has 3 aromatic rings. The van der Waals surface area contributed by atoms with Gasteiger partial charge in [-0.3, -0.25) is 4.90 Å². The Balaban J connectivity index is 2.00. The second-order valence-corrected chi connectivity index (χ2v) is 10.2. The molecule has 0 aliphatic rings. The number of alkyl halides is 1. The van der Waals surface area contributed by atoms with Crippen LogP contribution in [-0.2, 0) is 11.3 Å². The SMILES string of the molecule is COc1cc(-c2ccc(OC(=O)c3cccc([C@H](O)[C@@](C)(F)C(=O)O)c3)cc2CN(C(C)C)C(C)C)c(F)cn1. The summed E-state index contributed by atoms with van der Waals surface area (Å²) < 4.78 is 40.2. The van der Waals surface area contributed by atoms with Crippen molar-refractivity contribution in [3.63, 3.8) is 0 Å². The van der Waals surface area contributed by atoms with Crippen LogP contribution in [0, 0.1) is 5.82 Å². The van der Waals surface area contributed by atoms with Crippen LogP contribution in [0.4, 0.5) is 8.78 Å². The van der Waals surface area contributed by atoms with Gasteiger partial charge in [-0.05, 0) is 75.6 Å². The average Bonchev–Trinajstić information content (AvgIpc) is 2.91. The van der Waals surface area contributed by atoms with Gasteiger partial charge in [-0.1, -0.05) is 18.2 Å². The minimum absolute atomic E-state index is 0.0146. The molecule has 2 atom stereocenters. The molecule has 2 aromatic carbocycles. The second-order valence-electron chi connectivity index (χ2n) is 10.2. The third-order valence-electron chi connectivity index (χ3n) is 6.67. The summed E-state index contributed by atoms with van der Waals surface area (Å²) in [6.45, 7) is 9.36. The summed E-state index contributed by atoms with van der Waals surface area (Å²) in [6, 6.07) is 12.0. The Morgan fingerprint density at radius 3 is 2.33 bits per heavy atom. The Morgan fingerprint density at radius 1 is 1.05 bits per heavy atom. The summed E-state index contributed by atoms with van der Waals surface area (Å²) in [7, 11) is 1.44. The molecule has 1 aromatic heterocycles. The number of rotatable bonds is 11. The fourth-order valence-electron chi connectivity index (χ4n) is 4.35. The Kier molecular flexibility index (Phi) is 9.60. The highest BCUT2D eigenvalue weighted by atomic mass is 19.1. The molecular weight excluding hydrogens is 522 g/mol. The molecule has 0 radical (unpaired) electrons. The molecule has 0 bridgehead atoms. The summed E-state index contributed by atoms with van der Waals surface area (Å²) in [5.41, 5.74) is -1.52. The van der Waals surface area contributed by atoms with E-state index in [4.69, 9.17) is 14.6 Å². The molecule has 1 heterocycles. The van der Waals surface area contributed by atoms with Crippen LogP contribution in [0.25, 0.3) is 11.1 Å². The number of halogens is 2. The summed E-state index contributed by atoms with van der Waals surface area (Å²) in [5, 5.41) is 19.4. The van der Waals surface area contributed by atoms with E-state index < -0.39 is 29.5 Å². The highest BCUT2D eigenvalue weighted by Crippen LogP contribution is 2.34. The van der Waals surface area contributed by atoms with Gasteiger partial charge >= 0.3 is 11.9 Å². The fraction of sp³-hybridized carbons (Fsp3) is 0.367. The first kappa shape index (κ1) is 30.6. The van der Waals surface area contributed by atoms with Crippen LogP contribution in [0.3, 0.4) is 0 Å². The molecule has 8 nitrogen and oxygen atoms in total. The molecular formula is C30H34F2N2O6. The Hall–Kier alpha value is -3.89. The molecule has 0 unspecified atom stereocenters. The lowest BCUT2D eigenvalue weighted by Gasteiger charge is -2.31. The monoisotopic (exact) mass is 556 g/mol. The first-order valence-electron chi connectivity index (χ1n) is 12.8. The summed E-state index contributed by atoms with van der Waals surface area (Å²) in [5.74, 6) is -2.74. The average molecular weight is 557 g/mol.